The molecule has 0 amide bonds. The molecule has 0 fully saturated rings. The first-order chi connectivity index (χ1) is 12.1. The van der Waals surface area contributed by atoms with Gasteiger partial charge in [0.2, 0.25) is 15.9 Å². The van der Waals surface area contributed by atoms with Crippen molar-refractivity contribution in [2.24, 2.45) is 0 Å². The van der Waals surface area contributed by atoms with Crippen LogP contribution in [0.2, 0.25) is 0 Å². The second kappa shape index (κ2) is 7.64. The average Bonchev–Trinajstić information content (AvgIpc) is 3.17. The number of ether oxygens (including phenoxy) is 2. The van der Waals surface area contributed by atoms with Crippen LogP contribution in [0.25, 0.3) is 0 Å². The minimum atomic E-state index is -3.56. The van der Waals surface area contributed by atoms with E-state index in [2.05, 4.69) is 9.71 Å². The quantitative estimate of drug-likeness (QED) is 0.684. The predicted octanol–water partition coefficient (Wildman–Crippen LogP) is 3.42. The van der Waals surface area contributed by atoms with Gasteiger partial charge in [0.15, 0.2) is 11.5 Å². The number of nitrogens with one attached hydrogen (secondary N) is 1. The standard InChI is InChI=1S/C17H16N2O4S2/c1-22-14-7-2-3-8-15(14)23-17-13(6-4-10-18-17)12-19-25(20,21)16-9-5-11-24-16/h2-11,19H,12H2,1H3. The molecular formula is C17H16N2O4S2. The number of nitrogens with zero attached hydrogens (tertiary/aromatic N) is 1. The van der Waals surface area contributed by atoms with Crippen molar-refractivity contribution in [1.29, 1.82) is 0 Å². The molecule has 6 nitrogen and oxygen atoms in total. The molecule has 0 aliphatic heterocycles. The molecule has 130 valence electrons. The van der Waals surface area contributed by atoms with Crippen molar-refractivity contribution in [3.05, 3.63) is 65.7 Å². The van der Waals surface area contributed by atoms with Crippen LogP contribution in [0.1, 0.15) is 5.56 Å². The molecule has 0 spiro atoms. The van der Waals surface area contributed by atoms with Crippen molar-refractivity contribution in [2.45, 2.75) is 10.8 Å². The van der Waals surface area contributed by atoms with Crippen molar-refractivity contribution in [1.82, 2.24) is 9.71 Å². The van der Waals surface area contributed by atoms with E-state index in [-0.39, 0.29) is 10.8 Å². The minimum Gasteiger partial charge on any atom is -0.493 e. The van der Waals surface area contributed by atoms with E-state index >= 15 is 0 Å². The highest BCUT2D eigenvalue weighted by Crippen LogP contribution is 2.31. The number of hydrogen-bond acceptors (Lipinski definition) is 6. The predicted molar refractivity (Wildman–Crippen MR) is 95.6 cm³/mol. The number of pyridine rings is 1. The van der Waals surface area contributed by atoms with Crippen LogP contribution in [0, 0.1) is 0 Å². The Morgan fingerprint density at radius 2 is 1.88 bits per heavy atom. The Balaban J connectivity index is 1.80. The van der Waals surface area contributed by atoms with Crippen LogP contribution in [0.15, 0.2) is 64.3 Å². The van der Waals surface area contributed by atoms with Crippen LogP contribution in [0.5, 0.6) is 17.4 Å². The smallest absolute Gasteiger partial charge is 0.250 e. The number of aromatic nitrogens is 1. The summed E-state index contributed by atoms with van der Waals surface area (Å²) in [7, 11) is -2.00. The summed E-state index contributed by atoms with van der Waals surface area (Å²) in [5.41, 5.74) is 0.619. The Labute approximate surface area is 150 Å². The first-order valence-corrected chi connectivity index (χ1v) is 9.74. The van der Waals surface area contributed by atoms with Crippen LogP contribution in [-0.4, -0.2) is 20.5 Å². The van der Waals surface area contributed by atoms with Gasteiger partial charge in [-0.3, -0.25) is 0 Å². The van der Waals surface area contributed by atoms with Gasteiger partial charge in [0.05, 0.1) is 7.11 Å². The van der Waals surface area contributed by atoms with E-state index in [1.54, 1.807) is 55.1 Å². The minimum absolute atomic E-state index is 0.0680. The fourth-order valence-corrected chi connectivity index (χ4v) is 4.16. The number of hydrogen-bond donors (Lipinski definition) is 1. The largest absolute Gasteiger partial charge is 0.493 e. The number of sulfonamides is 1. The molecule has 8 heteroatoms. The Morgan fingerprint density at radius 3 is 2.60 bits per heavy atom. The lowest BCUT2D eigenvalue weighted by atomic mass is 10.2. The van der Waals surface area contributed by atoms with Gasteiger partial charge in [-0.05, 0) is 29.6 Å². The maximum Gasteiger partial charge on any atom is 0.250 e. The van der Waals surface area contributed by atoms with Crippen molar-refractivity contribution >= 4 is 21.4 Å². The van der Waals surface area contributed by atoms with Crippen LogP contribution in [-0.2, 0) is 16.6 Å². The lowest BCUT2D eigenvalue weighted by Gasteiger charge is -2.12. The fourth-order valence-electron chi connectivity index (χ4n) is 2.12. The molecule has 3 aromatic rings. The third-order valence-corrected chi connectivity index (χ3v) is 6.14. The van der Waals surface area contributed by atoms with Gasteiger partial charge in [0, 0.05) is 18.3 Å². The van der Waals surface area contributed by atoms with Gasteiger partial charge in [-0.2, -0.15) is 0 Å². The molecule has 2 aromatic heterocycles. The van der Waals surface area contributed by atoms with Gasteiger partial charge in [0.1, 0.15) is 4.21 Å². The fraction of sp³-hybridized carbons (Fsp3) is 0.118. The maximum atomic E-state index is 12.3. The van der Waals surface area contributed by atoms with E-state index in [1.807, 2.05) is 12.1 Å². The molecule has 0 bridgehead atoms. The van der Waals surface area contributed by atoms with Gasteiger partial charge in [0.25, 0.3) is 0 Å². The third kappa shape index (κ3) is 4.16. The number of methoxy groups -OCH3 is 1. The summed E-state index contributed by atoms with van der Waals surface area (Å²) in [6.07, 6.45) is 1.59. The summed E-state index contributed by atoms with van der Waals surface area (Å²) in [5, 5.41) is 1.72. The topological polar surface area (TPSA) is 77.5 Å². The van der Waals surface area contributed by atoms with Crippen molar-refractivity contribution in [3.63, 3.8) is 0 Å². The van der Waals surface area contributed by atoms with Crippen LogP contribution in [0.4, 0.5) is 0 Å². The molecule has 0 aliphatic rings. The molecule has 0 saturated heterocycles. The lowest BCUT2D eigenvalue weighted by Crippen LogP contribution is -2.22. The Morgan fingerprint density at radius 1 is 1.08 bits per heavy atom. The molecule has 0 unspecified atom stereocenters. The molecule has 0 saturated carbocycles. The molecule has 0 radical (unpaired) electrons. The van der Waals surface area contributed by atoms with Crippen molar-refractivity contribution in [2.75, 3.05) is 7.11 Å². The number of thiophene rings is 1. The molecule has 0 atom stereocenters. The van der Waals surface area contributed by atoms with E-state index in [0.717, 1.165) is 11.3 Å². The van der Waals surface area contributed by atoms with E-state index < -0.39 is 10.0 Å². The normalized spacial score (nSPS) is 11.2. The number of benzene rings is 1. The van der Waals surface area contributed by atoms with E-state index in [0.29, 0.717) is 22.9 Å². The van der Waals surface area contributed by atoms with Crippen molar-refractivity contribution in [3.8, 4) is 17.4 Å². The SMILES string of the molecule is COc1ccccc1Oc1ncccc1CNS(=O)(=O)c1cccs1. The van der Waals surface area contributed by atoms with Gasteiger partial charge < -0.3 is 9.47 Å². The summed E-state index contributed by atoms with van der Waals surface area (Å²) in [5.74, 6) is 1.39. The highest BCUT2D eigenvalue weighted by atomic mass is 32.2. The molecule has 0 aliphatic carbocycles. The highest BCUT2D eigenvalue weighted by molar-refractivity contribution is 7.91. The second-order valence-corrected chi connectivity index (χ2v) is 7.92. The summed E-state index contributed by atoms with van der Waals surface area (Å²) in [6, 6.07) is 13.9. The molecule has 2 heterocycles. The zero-order chi connectivity index (χ0) is 17.7. The van der Waals surface area contributed by atoms with Crippen LogP contribution in [0.3, 0.4) is 0 Å². The first-order valence-electron chi connectivity index (χ1n) is 7.38. The molecule has 3 rings (SSSR count). The van der Waals surface area contributed by atoms with Gasteiger partial charge in [-0.1, -0.05) is 24.3 Å². The average molecular weight is 376 g/mol. The summed E-state index contributed by atoms with van der Waals surface area (Å²) in [6.45, 7) is 0.0680. The van der Waals surface area contributed by atoms with Gasteiger partial charge >= 0.3 is 0 Å². The van der Waals surface area contributed by atoms with Gasteiger partial charge in [-0.15, -0.1) is 11.3 Å². The van der Waals surface area contributed by atoms with Gasteiger partial charge in [-0.25, -0.2) is 18.1 Å². The van der Waals surface area contributed by atoms with Crippen LogP contribution < -0.4 is 14.2 Å². The number of para-hydroxylation sites is 2. The molecule has 25 heavy (non-hydrogen) atoms. The van der Waals surface area contributed by atoms with E-state index in [1.165, 1.54) is 0 Å². The summed E-state index contributed by atoms with van der Waals surface area (Å²) < 4.78 is 38.4. The summed E-state index contributed by atoms with van der Waals surface area (Å²) in [4.78, 5) is 4.20. The first kappa shape index (κ1) is 17.4. The Kier molecular flexibility index (Phi) is 5.32. The molecule has 1 N–H and O–H groups in total. The Bertz CT molecular complexity index is 941. The highest BCUT2D eigenvalue weighted by Gasteiger charge is 2.16. The van der Waals surface area contributed by atoms with E-state index in [4.69, 9.17) is 9.47 Å². The summed E-state index contributed by atoms with van der Waals surface area (Å²) >= 11 is 1.16. The third-order valence-electron chi connectivity index (χ3n) is 3.34. The van der Waals surface area contributed by atoms with Crippen molar-refractivity contribution < 1.29 is 17.9 Å². The zero-order valence-electron chi connectivity index (χ0n) is 13.4. The number of rotatable bonds is 7. The maximum absolute atomic E-state index is 12.3. The van der Waals surface area contributed by atoms with E-state index in [9.17, 15) is 8.42 Å². The Hall–Kier alpha value is -2.42. The second-order valence-electron chi connectivity index (χ2n) is 4.98. The lowest BCUT2D eigenvalue weighted by molar-refractivity contribution is 0.372. The monoisotopic (exact) mass is 376 g/mol. The van der Waals surface area contributed by atoms with Crippen LogP contribution >= 0.6 is 11.3 Å². The molecule has 1 aromatic carbocycles. The molecular weight excluding hydrogens is 360 g/mol. The zero-order valence-corrected chi connectivity index (χ0v) is 15.0.